The molecule has 0 aromatic heterocycles. The van der Waals surface area contributed by atoms with E-state index in [1.807, 2.05) is 0 Å². The maximum Gasteiger partial charge on any atom is 0.0623 e. The highest BCUT2D eigenvalue weighted by Gasteiger charge is 2.29. The van der Waals surface area contributed by atoms with Crippen LogP contribution in [0.4, 0.5) is 0 Å². The largest absolute Gasteiger partial charge is 0.392 e. The summed E-state index contributed by atoms with van der Waals surface area (Å²) < 4.78 is 0. The number of benzene rings is 1. The maximum atomic E-state index is 10.3. The Morgan fingerprint density at radius 2 is 1.72 bits per heavy atom. The first-order valence-corrected chi connectivity index (χ1v) is 7.09. The smallest absolute Gasteiger partial charge is 0.0623 e. The van der Waals surface area contributed by atoms with Crippen molar-refractivity contribution in [3.05, 3.63) is 35.4 Å². The molecule has 0 aliphatic heterocycles. The van der Waals surface area contributed by atoms with Gasteiger partial charge < -0.3 is 10.8 Å². The summed E-state index contributed by atoms with van der Waals surface area (Å²) in [4.78, 5) is 0. The average molecular weight is 247 g/mol. The van der Waals surface area contributed by atoms with E-state index < -0.39 is 0 Å². The molecule has 0 saturated heterocycles. The van der Waals surface area contributed by atoms with Crippen LogP contribution in [0.25, 0.3) is 0 Å². The molecule has 1 aromatic rings. The Bertz CT molecular complexity index is 367. The van der Waals surface area contributed by atoms with Gasteiger partial charge >= 0.3 is 0 Å². The zero-order valence-electron chi connectivity index (χ0n) is 11.5. The summed E-state index contributed by atoms with van der Waals surface area (Å²) in [5.74, 6) is 1.38. The van der Waals surface area contributed by atoms with Gasteiger partial charge in [-0.05, 0) is 29.4 Å². The van der Waals surface area contributed by atoms with Crippen LogP contribution in [0, 0.1) is 5.92 Å². The lowest BCUT2D eigenvalue weighted by molar-refractivity contribution is 0.129. The molecule has 1 aliphatic carbocycles. The maximum absolute atomic E-state index is 10.3. The minimum Gasteiger partial charge on any atom is -0.392 e. The molecule has 0 amide bonds. The fourth-order valence-corrected chi connectivity index (χ4v) is 2.50. The highest BCUT2D eigenvalue weighted by molar-refractivity contribution is 5.28. The Labute approximate surface area is 110 Å². The summed E-state index contributed by atoms with van der Waals surface area (Å²) in [7, 11) is 0. The number of hydrogen-bond acceptors (Lipinski definition) is 2. The van der Waals surface area contributed by atoms with Crippen LogP contribution in [0.1, 0.15) is 56.1 Å². The van der Waals surface area contributed by atoms with Crippen molar-refractivity contribution in [2.24, 2.45) is 11.7 Å². The number of rotatable bonds is 6. The predicted octanol–water partition coefficient (Wildman–Crippen LogP) is 3.01. The normalized spacial score (nSPS) is 18.9. The number of hydrogen-bond donors (Lipinski definition) is 2. The summed E-state index contributed by atoms with van der Waals surface area (Å²) in [6.45, 7) is 4.91. The Morgan fingerprint density at radius 1 is 1.17 bits per heavy atom. The van der Waals surface area contributed by atoms with Crippen LogP contribution < -0.4 is 5.73 Å². The van der Waals surface area contributed by atoms with Gasteiger partial charge in [0.15, 0.2) is 0 Å². The molecule has 1 aromatic carbocycles. The van der Waals surface area contributed by atoms with Crippen molar-refractivity contribution < 1.29 is 5.11 Å². The van der Waals surface area contributed by atoms with Crippen LogP contribution in [0.5, 0.6) is 0 Å². The third kappa shape index (κ3) is 3.33. The van der Waals surface area contributed by atoms with E-state index in [4.69, 9.17) is 5.73 Å². The molecule has 1 saturated carbocycles. The van der Waals surface area contributed by atoms with Crippen molar-refractivity contribution >= 4 is 0 Å². The molecule has 1 fully saturated rings. The van der Waals surface area contributed by atoms with E-state index in [-0.39, 0.29) is 12.0 Å². The second-order valence-corrected chi connectivity index (χ2v) is 5.91. The Kier molecular flexibility index (Phi) is 4.41. The average Bonchev–Trinajstić information content (AvgIpc) is 3.14. The van der Waals surface area contributed by atoms with Crippen LogP contribution in [-0.2, 0) is 0 Å². The molecule has 2 heteroatoms. The van der Waals surface area contributed by atoms with Crippen molar-refractivity contribution in [1.82, 2.24) is 0 Å². The minimum atomic E-state index is -0.285. The summed E-state index contributed by atoms with van der Waals surface area (Å²) in [5.41, 5.74) is 8.35. The van der Waals surface area contributed by atoms with Crippen LogP contribution >= 0.6 is 0 Å². The Balaban J connectivity index is 2.05. The van der Waals surface area contributed by atoms with E-state index in [0.717, 1.165) is 12.3 Å². The SMILES string of the molecule is CC(C)c1ccc(C(CN)C(O)CC2CC2)cc1. The Morgan fingerprint density at radius 3 is 2.17 bits per heavy atom. The first-order valence-electron chi connectivity index (χ1n) is 7.09. The molecule has 0 bridgehead atoms. The molecule has 3 N–H and O–H groups in total. The van der Waals surface area contributed by atoms with E-state index in [2.05, 4.69) is 38.1 Å². The molecule has 0 heterocycles. The molecule has 2 nitrogen and oxygen atoms in total. The van der Waals surface area contributed by atoms with E-state index >= 15 is 0 Å². The van der Waals surface area contributed by atoms with E-state index in [1.165, 1.54) is 24.0 Å². The van der Waals surface area contributed by atoms with Gasteiger partial charge in [0.05, 0.1) is 6.10 Å². The van der Waals surface area contributed by atoms with E-state index in [0.29, 0.717) is 12.5 Å². The molecule has 100 valence electrons. The molecule has 2 unspecified atom stereocenters. The van der Waals surface area contributed by atoms with Crippen LogP contribution in [0.2, 0.25) is 0 Å². The summed E-state index contributed by atoms with van der Waals surface area (Å²) in [6, 6.07) is 8.57. The van der Waals surface area contributed by atoms with Gasteiger partial charge in [-0.25, -0.2) is 0 Å². The van der Waals surface area contributed by atoms with Gasteiger partial charge in [0, 0.05) is 12.5 Å². The standard InChI is InChI=1S/C16H25NO/c1-11(2)13-5-7-14(8-6-13)15(10-17)16(18)9-12-3-4-12/h5-8,11-12,15-16,18H,3-4,9-10,17H2,1-2H3. The van der Waals surface area contributed by atoms with Gasteiger partial charge in [-0.15, -0.1) is 0 Å². The fourth-order valence-electron chi connectivity index (χ4n) is 2.50. The molecular formula is C16H25NO. The van der Waals surface area contributed by atoms with Gasteiger partial charge in [0.25, 0.3) is 0 Å². The number of aliphatic hydroxyl groups excluding tert-OH is 1. The van der Waals surface area contributed by atoms with Gasteiger partial charge in [-0.1, -0.05) is 51.0 Å². The van der Waals surface area contributed by atoms with Crippen LogP contribution in [0.15, 0.2) is 24.3 Å². The van der Waals surface area contributed by atoms with Crippen molar-refractivity contribution in [3.8, 4) is 0 Å². The molecule has 0 radical (unpaired) electrons. The summed E-state index contributed by atoms with van der Waals surface area (Å²) in [6.07, 6.45) is 3.18. The van der Waals surface area contributed by atoms with Crippen molar-refractivity contribution in [2.45, 2.75) is 51.0 Å². The first kappa shape index (κ1) is 13.6. The molecule has 2 atom stereocenters. The first-order chi connectivity index (χ1) is 8.61. The lowest BCUT2D eigenvalue weighted by Crippen LogP contribution is -2.26. The second kappa shape index (κ2) is 5.85. The predicted molar refractivity (Wildman–Crippen MR) is 75.7 cm³/mol. The molecule has 2 rings (SSSR count). The van der Waals surface area contributed by atoms with Crippen LogP contribution in [-0.4, -0.2) is 17.8 Å². The van der Waals surface area contributed by atoms with Gasteiger partial charge in [-0.3, -0.25) is 0 Å². The summed E-state index contributed by atoms with van der Waals surface area (Å²) in [5, 5.41) is 10.3. The second-order valence-electron chi connectivity index (χ2n) is 5.91. The third-order valence-electron chi connectivity index (χ3n) is 4.02. The highest BCUT2D eigenvalue weighted by Crippen LogP contribution is 2.36. The van der Waals surface area contributed by atoms with Gasteiger partial charge in [0.1, 0.15) is 0 Å². The zero-order valence-corrected chi connectivity index (χ0v) is 11.5. The Hall–Kier alpha value is -0.860. The van der Waals surface area contributed by atoms with Gasteiger partial charge in [0.2, 0.25) is 0 Å². The van der Waals surface area contributed by atoms with Crippen LogP contribution in [0.3, 0.4) is 0 Å². The fraction of sp³-hybridized carbons (Fsp3) is 0.625. The van der Waals surface area contributed by atoms with Gasteiger partial charge in [-0.2, -0.15) is 0 Å². The molecule has 18 heavy (non-hydrogen) atoms. The van der Waals surface area contributed by atoms with E-state index in [9.17, 15) is 5.11 Å². The summed E-state index contributed by atoms with van der Waals surface area (Å²) >= 11 is 0. The van der Waals surface area contributed by atoms with Crippen molar-refractivity contribution in [3.63, 3.8) is 0 Å². The lowest BCUT2D eigenvalue weighted by atomic mass is 9.89. The molecule has 1 aliphatic rings. The minimum absolute atomic E-state index is 0.0896. The van der Waals surface area contributed by atoms with E-state index in [1.54, 1.807) is 0 Å². The quantitative estimate of drug-likeness (QED) is 0.811. The van der Waals surface area contributed by atoms with Crippen molar-refractivity contribution in [1.29, 1.82) is 0 Å². The number of nitrogens with two attached hydrogens (primary N) is 1. The van der Waals surface area contributed by atoms with Crippen molar-refractivity contribution in [2.75, 3.05) is 6.54 Å². The third-order valence-corrected chi connectivity index (χ3v) is 4.02. The monoisotopic (exact) mass is 247 g/mol. The highest BCUT2D eigenvalue weighted by atomic mass is 16.3. The lowest BCUT2D eigenvalue weighted by Gasteiger charge is -2.22. The topological polar surface area (TPSA) is 46.2 Å². The molecular weight excluding hydrogens is 222 g/mol. The number of aliphatic hydroxyl groups is 1. The zero-order chi connectivity index (χ0) is 13.1. The molecule has 0 spiro atoms.